The number of ether oxygens (including phenoxy) is 1. The predicted octanol–water partition coefficient (Wildman–Crippen LogP) is 4.86. The van der Waals surface area contributed by atoms with Gasteiger partial charge in [-0.2, -0.15) is 18.2 Å². The third-order valence-electron chi connectivity index (χ3n) is 4.29. The van der Waals surface area contributed by atoms with Crippen molar-refractivity contribution in [3.63, 3.8) is 0 Å². The molecule has 0 amide bonds. The van der Waals surface area contributed by atoms with Crippen LogP contribution >= 0.6 is 0 Å². The molecule has 1 N–H and O–H groups in total. The fraction of sp³-hybridized carbons (Fsp3) is 0.412. The number of hydrogen-bond donors (Lipinski definition) is 1. The van der Waals surface area contributed by atoms with Gasteiger partial charge in [-0.15, -0.1) is 0 Å². The Balaban J connectivity index is 1.94. The third kappa shape index (κ3) is 4.44. The molecule has 1 fully saturated rings. The summed E-state index contributed by atoms with van der Waals surface area (Å²) in [7, 11) is 0. The van der Waals surface area contributed by atoms with Crippen molar-refractivity contribution in [1.29, 1.82) is 0 Å². The minimum absolute atomic E-state index is 0.206. The van der Waals surface area contributed by atoms with Crippen molar-refractivity contribution >= 4 is 17.2 Å². The van der Waals surface area contributed by atoms with Gasteiger partial charge in [0.1, 0.15) is 12.4 Å². The van der Waals surface area contributed by atoms with Crippen LogP contribution in [-0.2, 0) is 6.18 Å². The Morgan fingerprint density at radius 1 is 1.15 bits per heavy atom. The van der Waals surface area contributed by atoms with Crippen molar-refractivity contribution in [2.24, 2.45) is 0 Å². The highest BCUT2D eigenvalue weighted by Crippen LogP contribution is 2.39. The summed E-state index contributed by atoms with van der Waals surface area (Å²) < 4.78 is 45.2. The second kappa shape index (κ2) is 7.77. The molecule has 3 rings (SSSR count). The SMILES string of the molecule is O=[N+]([O-])c1c(Nc2ccccc2C(F)(F)F)ncnc1OC1CCCCC1. The molecular weight excluding hydrogens is 365 g/mol. The molecular formula is C17H17F3N4O3. The van der Waals surface area contributed by atoms with Gasteiger partial charge in [0, 0.05) is 0 Å². The monoisotopic (exact) mass is 382 g/mol. The Kier molecular flexibility index (Phi) is 5.43. The number of halogens is 3. The Morgan fingerprint density at radius 3 is 2.52 bits per heavy atom. The summed E-state index contributed by atoms with van der Waals surface area (Å²) in [4.78, 5) is 18.4. The quantitative estimate of drug-likeness (QED) is 0.587. The van der Waals surface area contributed by atoms with Crippen LogP contribution in [0.25, 0.3) is 0 Å². The normalized spacial score (nSPS) is 15.4. The number of nitrogens with one attached hydrogen (secondary N) is 1. The Labute approximate surface area is 152 Å². The Morgan fingerprint density at radius 2 is 1.85 bits per heavy atom. The maximum absolute atomic E-state index is 13.2. The van der Waals surface area contributed by atoms with E-state index in [1.54, 1.807) is 0 Å². The molecule has 0 unspecified atom stereocenters. The van der Waals surface area contributed by atoms with Crippen molar-refractivity contribution in [3.05, 3.63) is 46.3 Å². The molecule has 1 aliphatic carbocycles. The average Bonchev–Trinajstić information content (AvgIpc) is 2.62. The molecule has 1 saturated carbocycles. The van der Waals surface area contributed by atoms with Crippen LogP contribution in [0.2, 0.25) is 0 Å². The molecule has 0 bridgehead atoms. The number of benzene rings is 1. The number of para-hydroxylation sites is 1. The largest absolute Gasteiger partial charge is 0.469 e. The lowest BCUT2D eigenvalue weighted by Crippen LogP contribution is -2.21. The number of hydrogen-bond acceptors (Lipinski definition) is 6. The lowest BCUT2D eigenvalue weighted by atomic mass is 9.98. The highest BCUT2D eigenvalue weighted by molar-refractivity contribution is 5.70. The van der Waals surface area contributed by atoms with Gasteiger partial charge in [0.15, 0.2) is 0 Å². The predicted molar refractivity (Wildman–Crippen MR) is 90.9 cm³/mol. The first kappa shape index (κ1) is 18.9. The van der Waals surface area contributed by atoms with Crippen LogP contribution in [0, 0.1) is 10.1 Å². The minimum Gasteiger partial charge on any atom is -0.469 e. The van der Waals surface area contributed by atoms with E-state index in [2.05, 4.69) is 15.3 Å². The second-order valence-electron chi connectivity index (χ2n) is 6.18. The summed E-state index contributed by atoms with van der Waals surface area (Å²) in [5.41, 5.74) is -1.87. The van der Waals surface area contributed by atoms with Crippen LogP contribution in [-0.4, -0.2) is 21.0 Å². The molecule has 1 heterocycles. The highest BCUT2D eigenvalue weighted by Gasteiger charge is 2.34. The standard InChI is InChI=1S/C17H17F3N4O3/c18-17(19,20)12-8-4-5-9-13(12)23-15-14(24(25)26)16(22-10-21-15)27-11-6-2-1-3-7-11/h4-5,8-11H,1-3,6-7H2,(H,21,22,23). The summed E-state index contributed by atoms with van der Waals surface area (Å²) in [6.45, 7) is 0. The summed E-state index contributed by atoms with van der Waals surface area (Å²) in [5, 5.41) is 14.0. The van der Waals surface area contributed by atoms with Crippen molar-refractivity contribution in [2.45, 2.75) is 44.4 Å². The Hall–Kier alpha value is -2.91. The smallest absolute Gasteiger partial charge is 0.418 e. The molecule has 2 aromatic rings. The lowest BCUT2D eigenvalue weighted by Gasteiger charge is -2.22. The maximum atomic E-state index is 13.2. The van der Waals surface area contributed by atoms with E-state index >= 15 is 0 Å². The van der Waals surface area contributed by atoms with Crippen LogP contribution in [0.15, 0.2) is 30.6 Å². The van der Waals surface area contributed by atoms with Gasteiger partial charge in [-0.1, -0.05) is 18.6 Å². The van der Waals surface area contributed by atoms with Crippen LogP contribution in [0.1, 0.15) is 37.7 Å². The zero-order chi connectivity index (χ0) is 19.4. The first-order chi connectivity index (χ1) is 12.9. The molecule has 1 aromatic heterocycles. The second-order valence-corrected chi connectivity index (χ2v) is 6.18. The molecule has 10 heteroatoms. The third-order valence-corrected chi connectivity index (χ3v) is 4.29. The van der Waals surface area contributed by atoms with E-state index in [1.165, 1.54) is 18.2 Å². The van der Waals surface area contributed by atoms with Crippen LogP contribution in [0.5, 0.6) is 5.88 Å². The molecule has 1 aliphatic rings. The average molecular weight is 382 g/mol. The first-order valence-electron chi connectivity index (χ1n) is 8.45. The summed E-state index contributed by atoms with van der Waals surface area (Å²) in [6.07, 6.45) is 0.689. The molecule has 144 valence electrons. The zero-order valence-corrected chi connectivity index (χ0v) is 14.2. The van der Waals surface area contributed by atoms with E-state index in [0.29, 0.717) is 0 Å². The van der Waals surface area contributed by atoms with Crippen LogP contribution in [0.4, 0.5) is 30.4 Å². The minimum atomic E-state index is -4.62. The van der Waals surface area contributed by atoms with Gasteiger partial charge in [-0.05, 0) is 37.8 Å². The number of nitro groups is 1. The van der Waals surface area contributed by atoms with Crippen LogP contribution in [0.3, 0.4) is 0 Å². The zero-order valence-electron chi connectivity index (χ0n) is 14.2. The van der Waals surface area contributed by atoms with E-state index in [-0.39, 0.29) is 23.5 Å². The number of aromatic nitrogens is 2. The lowest BCUT2D eigenvalue weighted by molar-refractivity contribution is -0.385. The van der Waals surface area contributed by atoms with E-state index in [4.69, 9.17) is 4.74 Å². The summed E-state index contributed by atoms with van der Waals surface area (Å²) >= 11 is 0. The molecule has 7 nitrogen and oxygen atoms in total. The first-order valence-corrected chi connectivity index (χ1v) is 8.45. The van der Waals surface area contributed by atoms with Gasteiger partial charge in [0.2, 0.25) is 5.82 Å². The molecule has 0 saturated heterocycles. The number of nitrogens with zero attached hydrogens (tertiary/aromatic N) is 3. The number of anilines is 2. The van der Waals surface area contributed by atoms with Gasteiger partial charge >= 0.3 is 11.9 Å². The molecule has 0 spiro atoms. The van der Waals surface area contributed by atoms with Crippen molar-refractivity contribution in [3.8, 4) is 5.88 Å². The highest BCUT2D eigenvalue weighted by atomic mass is 19.4. The molecule has 0 aliphatic heterocycles. The van der Waals surface area contributed by atoms with Gasteiger partial charge < -0.3 is 10.1 Å². The summed E-state index contributed by atoms with van der Waals surface area (Å²) in [5.74, 6) is -0.591. The van der Waals surface area contributed by atoms with Crippen molar-refractivity contribution < 1.29 is 22.8 Å². The van der Waals surface area contributed by atoms with E-state index in [1.807, 2.05) is 0 Å². The fourth-order valence-electron chi connectivity index (χ4n) is 3.01. The maximum Gasteiger partial charge on any atom is 0.418 e. The van der Waals surface area contributed by atoms with Crippen molar-refractivity contribution in [2.75, 3.05) is 5.32 Å². The Bertz CT molecular complexity index is 823. The topological polar surface area (TPSA) is 90.2 Å². The van der Waals surface area contributed by atoms with Crippen LogP contribution < -0.4 is 10.1 Å². The van der Waals surface area contributed by atoms with Gasteiger partial charge in [0.05, 0.1) is 16.2 Å². The van der Waals surface area contributed by atoms with Crippen molar-refractivity contribution in [1.82, 2.24) is 9.97 Å². The van der Waals surface area contributed by atoms with E-state index < -0.39 is 22.4 Å². The molecule has 0 radical (unpaired) electrons. The molecule has 1 aromatic carbocycles. The summed E-state index contributed by atoms with van der Waals surface area (Å²) in [6, 6.07) is 4.69. The van der Waals surface area contributed by atoms with Gasteiger partial charge in [-0.25, -0.2) is 4.98 Å². The fourth-order valence-corrected chi connectivity index (χ4v) is 3.01. The number of rotatable bonds is 5. The number of alkyl halides is 3. The van der Waals surface area contributed by atoms with Gasteiger partial charge in [0.25, 0.3) is 5.88 Å². The van der Waals surface area contributed by atoms with Gasteiger partial charge in [-0.3, -0.25) is 10.1 Å². The van der Waals surface area contributed by atoms with E-state index in [0.717, 1.165) is 44.5 Å². The van der Waals surface area contributed by atoms with E-state index in [9.17, 15) is 23.3 Å². The molecule has 27 heavy (non-hydrogen) atoms. The molecule has 0 atom stereocenters.